The summed E-state index contributed by atoms with van der Waals surface area (Å²) in [7, 11) is -0.887. The zero-order chi connectivity index (χ0) is 11.5. The van der Waals surface area contributed by atoms with Gasteiger partial charge in [-0.25, -0.2) is 0 Å². The molecule has 0 heterocycles. The summed E-state index contributed by atoms with van der Waals surface area (Å²) in [4.78, 5) is 0. The summed E-state index contributed by atoms with van der Waals surface area (Å²) >= 11 is 0. The van der Waals surface area contributed by atoms with Crippen molar-refractivity contribution in [3.63, 3.8) is 0 Å². The SMILES string of the molecule is CCCCOC[C@@H](O)C[S@@](=O)CCCC. The predicted molar refractivity (Wildman–Crippen MR) is 64.5 cm³/mol. The first kappa shape index (κ1) is 15.1. The van der Waals surface area contributed by atoms with Gasteiger partial charge in [-0.05, 0) is 12.8 Å². The van der Waals surface area contributed by atoms with E-state index in [9.17, 15) is 9.32 Å². The molecule has 2 atom stereocenters. The van der Waals surface area contributed by atoms with E-state index >= 15 is 0 Å². The van der Waals surface area contributed by atoms with Crippen LogP contribution in [0.25, 0.3) is 0 Å². The van der Waals surface area contributed by atoms with Gasteiger partial charge in [-0.2, -0.15) is 0 Å². The van der Waals surface area contributed by atoms with Crippen LogP contribution in [-0.2, 0) is 15.5 Å². The maximum absolute atomic E-state index is 11.4. The lowest BCUT2D eigenvalue weighted by Gasteiger charge is -2.10. The summed E-state index contributed by atoms with van der Waals surface area (Å²) in [6.07, 6.45) is 3.56. The van der Waals surface area contributed by atoms with E-state index in [1.165, 1.54) is 0 Å². The maximum Gasteiger partial charge on any atom is 0.0888 e. The van der Waals surface area contributed by atoms with Crippen LogP contribution in [0.1, 0.15) is 39.5 Å². The zero-order valence-electron chi connectivity index (χ0n) is 9.91. The summed E-state index contributed by atoms with van der Waals surface area (Å²) < 4.78 is 16.7. The molecule has 15 heavy (non-hydrogen) atoms. The Labute approximate surface area is 95.7 Å². The lowest BCUT2D eigenvalue weighted by Crippen LogP contribution is -2.24. The second-order valence-corrected chi connectivity index (χ2v) is 5.37. The summed E-state index contributed by atoms with van der Waals surface area (Å²) in [5, 5.41) is 9.50. The molecule has 3 nitrogen and oxygen atoms in total. The summed E-state index contributed by atoms with van der Waals surface area (Å²) in [5.41, 5.74) is 0. The minimum atomic E-state index is -0.887. The van der Waals surface area contributed by atoms with Gasteiger partial charge in [-0.15, -0.1) is 0 Å². The molecule has 0 aliphatic carbocycles. The average Bonchev–Trinajstić information content (AvgIpc) is 2.21. The van der Waals surface area contributed by atoms with Crippen molar-refractivity contribution in [2.45, 2.75) is 45.6 Å². The highest BCUT2D eigenvalue weighted by molar-refractivity contribution is 7.85. The molecule has 4 heteroatoms. The van der Waals surface area contributed by atoms with Crippen LogP contribution >= 0.6 is 0 Å². The first-order chi connectivity index (χ1) is 7.20. The van der Waals surface area contributed by atoms with Gasteiger partial charge in [0.05, 0.1) is 18.5 Å². The van der Waals surface area contributed by atoms with E-state index in [4.69, 9.17) is 4.74 Å². The Bertz CT molecular complexity index is 162. The molecular formula is C11H24O3S. The number of aliphatic hydroxyl groups excluding tert-OH is 1. The fourth-order valence-electron chi connectivity index (χ4n) is 1.12. The molecule has 0 aromatic carbocycles. The largest absolute Gasteiger partial charge is 0.390 e. The van der Waals surface area contributed by atoms with E-state index in [2.05, 4.69) is 13.8 Å². The average molecular weight is 236 g/mol. The van der Waals surface area contributed by atoms with Crippen molar-refractivity contribution in [1.29, 1.82) is 0 Å². The van der Waals surface area contributed by atoms with Gasteiger partial charge in [-0.1, -0.05) is 26.7 Å². The summed E-state index contributed by atoms with van der Waals surface area (Å²) in [6.45, 7) is 5.17. The number of hydrogen-bond acceptors (Lipinski definition) is 3. The molecule has 0 saturated heterocycles. The van der Waals surface area contributed by atoms with Crippen LogP contribution in [0.15, 0.2) is 0 Å². The predicted octanol–water partition coefficient (Wildman–Crippen LogP) is 1.71. The Kier molecular flexibility index (Phi) is 10.6. The molecule has 0 rings (SSSR count). The molecule has 0 unspecified atom stereocenters. The van der Waals surface area contributed by atoms with E-state index in [0.717, 1.165) is 25.7 Å². The minimum Gasteiger partial charge on any atom is -0.390 e. The normalized spacial score (nSPS) is 15.1. The molecule has 0 radical (unpaired) electrons. The van der Waals surface area contributed by atoms with Crippen molar-refractivity contribution in [2.75, 3.05) is 24.7 Å². The Hall–Kier alpha value is 0.0700. The number of ether oxygens (including phenoxy) is 1. The Morgan fingerprint density at radius 1 is 1.27 bits per heavy atom. The van der Waals surface area contributed by atoms with E-state index in [1.54, 1.807) is 0 Å². The molecule has 0 amide bonds. The van der Waals surface area contributed by atoms with Gasteiger partial charge in [-0.3, -0.25) is 4.21 Å². The van der Waals surface area contributed by atoms with Gasteiger partial charge < -0.3 is 9.84 Å². The lowest BCUT2D eigenvalue weighted by molar-refractivity contribution is 0.0469. The Balaban J connectivity index is 3.38. The topological polar surface area (TPSA) is 46.5 Å². The highest BCUT2D eigenvalue weighted by Gasteiger charge is 2.08. The zero-order valence-corrected chi connectivity index (χ0v) is 10.7. The van der Waals surface area contributed by atoms with E-state index in [-0.39, 0.29) is 0 Å². The smallest absolute Gasteiger partial charge is 0.0888 e. The first-order valence-corrected chi connectivity index (χ1v) is 7.30. The van der Waals surface area contributed by atoms with Gasteiger partial charge in [0.25, 0.3) is 0 Å². The second kappa shape index (κ2) is 10.6. The molecule has 0 aliphatic rings. The van der Waals surface area contributed by atoms with Crippen LogP contribution in [-0.4, -0.2) is 40.1 Å². The van der Waals surface area contributed by atoms with Crippen molar-refractivity contribution in [3.05, 3.63) is 0 Å². The van der Waals surface area contributed by atoms with E-state index in [1.807, 2.05) is 0 Å². The van der Waals surface area contributed by atoms with Gasteiger partial charge in [0, 0.05) is 23.2 Å². The highest BCUT2D eigenvalue weighted by atomic mass is 32.2. The van der Waals surface area contributed by atoms with Crippen LogP contribution in [0.4, 0.5) is 0 Å². The number of unbranched alkanes of at least 4 members (excludes halogenated alkanes) is 2. The monoisotopic (exact) mass is 236 g/mol. The molecule has 0 fully saturated rings. The van der Waals surface area contributed by atoms with E-state index in [0.29, 0.717) is 24.7 Å². The molecule has 0 bridgehead atoms. The highest BCUT2D eigenvalue weighted by Crippen LogP contribution is 1.97. The van der Waals surface area contributed by atoms with Gasteiger partial charge in [0.15, 0.2) is 0 Å². The third-order valence-electron chi connectivity index (χ3n) is 2.06. The summed E-state index contributed by atoms with van der Waals surface area (Å²) in [6, 6.07) is 0. The van der Waals surface area contributed by atoms with Crippen molar-refractivity contribution < 1.29 is 14.1 Å². The van der Waals surface area contributed by atoms with E-state index < -0.39 is 16.9 Å². The fraction of sp³-hybridized carbons (Fsp3) is 1.00. The molecule has 1 N–H and O–H groups in total. The summed E-state index contributed by atoms with van der Waals surface area (Å²) in [5.74, 6) is 1.05. The quantitative estimate of drug-likeness (QED) is 0.587. The minimum absolute atomic E-state index is 0.317. The maximum atomic E-state index is 11.4. The Morgan fingerprint density at radius 2 is 1.93 bits per heavy atom. The standard InChI is InChI=1S/C11H24O3S/c1-3-5-7-14-9-11(12)10-15(13)8-6-4-2/h11-12H,3-10H2,1-2H3/t11-,15+/m1/s1. The van der Waals surface area contributed by atoms with Gasteiger partial charge in [0.2, 0.25) is 0 Å². The molecule has 0 aromatic rings. The van der Waals surface area contributed by atoms with Gasteiger partial charge in [0.1, 0.15) is 0 Å². The van der Waals surface area contributed by atoms with Crippen LogP contribution in [0.2, 0.25) is 0 Å². The van der Waals surface area contributed by atoms with Crippen LogP contribution < -0.4 is 0 Å². The number of rotatable bonds is 10. The van der Waals surface area contributed by atoms with Crippen molar-refractivity contribution in [2.24, 2.45) is 0 Å². The fourth-order valence-corrected chi connectivity index (χ4v) is 2.42. The third kappa shape index (κ3) is 10.4. The number of aliphatic hydroxyl groups is 1. The molecule has 0 aliphatic heterocycles. The Morgan fingerprint density at radius 3 is 2.53 bits per heavy atom. The third-order valence-corrected chi connectivity index (χ3v) is 3.56. The van der Waals surface area contributed by atoms with Crippen molar-refractivity contribution in [1.82, 2.24) is 0 Å². The first-order valence-electron chi connectivity index (χ1n) is 5.81. The van der Waals surface area contributed by atoms with Crippen LogP contribution in [0.5, 0.6) is 0 Å². The van der Waals surface area contributed by atoms with Crippen molar-refractivity contribution in [3.8, 4) is 0 Å². The molecular weight excluding hydrogens is 212 g/mol. The molecule has 0 aromatic heterocycles. The lowest BCUT2D eigenvalue weighted by atomic mass is 10.3. The molecule has 0 saturated carbocycles. The number of hydrogen-bond donors (Lipinski definition) is 1. The van der Waals surface area contributed by atoms with Crippen molar-refractivity contribution >= 4 is 10.8 Å². The van der Waals surface area contributed by atoms with Crippen LogP contribution in [0.3, 0.4) is 0 Å². The van der Waals surface area contributed by atoms with Crippen LogP contribution in [0, 0.1) is 0 Å². The molecule has 92 valence electrons. The molecule has 0 spiro atoms. The van der Waals surface area contributed by atoms with Gasteiger partial charge >= 0.3 is 0 Å². The second-order valence-electron chi connectivity index (χ2n) is 3.75.